The number of carboxylic acids is 1. The molecule has 0 aliphatic carbocycles. The van der Waals surface area contributed by atoms with Crippen molar-refractivity contribution in [2.24, 2.45) is 0 Å². The first-order valence-electron chi connectivity index (χ1n) is 5.58. The van der Waals surface area contributed by atoms with Gasteiger partial charge in [0.05, 0.1) is 27.9 Å². The van der Waals surface area contributed by atoms with Gasteiger partial charge in [-0.05, 0) is 38.1 Å². The van der Waals surface area contributed by atoms with Gasteiger partial charge in [-0.2, -0.15) is 5.26 Å². The number of hydrogen-bond acceptors (Lipinski definition) is 2. The minimum absolute atomic E-state index is 0.248. The third-order valence-electron chi connectivity index (χ3n) is 2.98. The summed E-state index contributed by atoms with van der Waals surface area (Å²) in [4.78, 5) is 11.1. The zero-order valence-corrected chi connectivity index (χ0v) is 11.2. The third-order valence-corrected chi connectivity index (χ3v) is 3.28. The number of aromatic nitrogens is 1. The molecule has 0 aliphatic heterocycles. The first-order chi connectivity index (χ1) is 8.95. The van der Waals surface area contributed by atoms with Gasteiger partial charge in [0.15, 0.2) is 0 Å². The molecule has 1 aromatic carbocycles. The normalized spacial score (nSPS) is 10.2. The molecule has 0 bridgehead atoms. The van der Waals surface area contributed by atoms with E-state index in [0.717, 1.165) is 5.69 Å². The summed E-state index contributed by atoms with van der Waals surface area (Å²) in [7, 11) is 0. The van der Waals surface area contributed by atoms with Gasteiger partial charge in [0, 0.05) is 11.4 Å². The average molecular weight is 275 g/mol. The van der Waals surface area contributed by atoms with Gasteiger partial charge < -0.3 is 9.67 Å². The highest BCUT2D eigenvalue weighted by Crippen LogP contribution is 2.27. The van der Waals surface area contributed by atoms with Crippen molar-refractivity contribution < 1.29 is 9.90 Å². The molecule has 1 aromatic heterocycles. The summed E-state index contributed by atoms with van der Waals surface area (Å²) in [6.07, 6.45) is 0. The highest BCUT2D eigenvalue weighted by atomic mass is 35.5. The Morgan fingerprint density at radius 2 is 2.05 bits per heavy atom. The van der Waals surface area contributed by atoms with Crippen molar-refractivity contribution in [1.29, 1.82) is 5.26 Å². The van der Waals surface area contributed by atoms with Crippen molar-refractivity contribution in [2.75, 3.05) is 0 Å². The highest BCUT2D eigenvalue weighted by Gasteiger charge is 2.17. The van der Waals surface area contributed by atoms with Crippen LogP contribution in [0.1, 0.15) is 27.3 Å². The second-order valence-electron chi connectivity index (χ2n) is 4.20. The predicted molar refractivity (Wildman–Crippen MR) is 71.9 cm³/mol. The molecule has 96 valence electrons. The summed E-state index contributed by atoms with van der Waals surface area (Å²) in [5.41, 5.74) is 2.77. The first kappa shape index (κ1) is 13.2. The lowest BCUT2D eigenvalue weighted by atomic mass is 10.2. The lowest BCUT2D eigenvalue weighted by molar-refractivity contribution is 0.0696. The van der Waals surface area contributed by atoms with Gasteiger partial charge in [-0.15, -0.1) is 0 Å². The van der Waals surface area contributed by atoms with Crippen LogP contribution in [0.5, 0.6) is 0 Å². The monoisotopic (exact) mass is 274 g/mol. The Balaban J connectivity index is 2.66. The molecule has 5 heteroatoms. The third kappa shape index (κ3) is 2.20. The number of halogens is 1. The molecule has 0 saturated heterocycles. The van der Waals surface area contributed by atoms with Crippen molar-refractivity contribution in [2.45, 2.75) is 13.8 Å². The van der Waals surface area contributed by atoms with Crippen LogP contribution in [0.15, 0.2) is 24.3 Å². The maximum absolute atomic E-state index is 11.1. The van der Waals surface area contributed by atoms with Crippen LogP contribution in [-0.2, 0) is 0 Å². The summed E-state index contributed by atoms with van der Waals surface area (Å²) in [6, 6.07) is 8.55. The number of benzene rings is 1. The SMILES string of the molecule is Cc1cc(C(=O)O)c(C)n1-c1ccc(C#N)cc1Cl. The Morgan fingerprint density at radius 1 is 1.37 bits per heavy atom. The Hall–Kier alpha value is -2.25. The lowest BCUT2D eigenvalue weighted by Crippen LogP contribution is -2.03. The number of aryl methyl sites for hydroxylation is 1. The molecule has 2 rings (SSSR count). The van der Waals surface area contributed by atoms with Crippen molar-refractivity contribution in [1.82, 2.24) is 4.57 Å². The van der Waals surface area contributed by atoms with E-state index in [1.54, 1.807) is 35.8 Å². The second-order valence-corrected chi connectivity index (χ2v) is 4.61. The van der Waals surface area contributed by atoms with E-state index in [1.165, 1.54) is 0 Å². The van der Waals surface area contributed by atoms with Crippen molar-refractivity contribution in [3.63, 3.8) is 0 Å². The van der Waals surface area contributed by atoms with Gasteiger partial charge in [-0.25, -0.2) is 4.79 Å². The van der Waals surface area contributed by atoms with Crippen LogP contribution in [0.25, 0.3) is 5.69 Å². The zero-order valence-electron chi connectivity index (χ0n) is 10.4. The van der Waals surface area contributed by atoms with Gasteiger partial charge >= 0.3 is 5.97 Å². The van der Waals surface area contributed by atoms with E-state index >= 15 is 0 Å². The van der Waals surface area contributed by atoms with E-state index in [0.29, 0.717) is 22.0 Å². The summed E-state index contributed by atoms with van der Waals surface area (Å²) in [5.74, 6) is -0.968. The molecule has 0 radical (unpaired) electrons. The van der Waals surface area contributed by atoms with Gasteiger partial charge in [0.25, 0.3) is 0 Å². The minimum atomic E-state index is -0.968. The molecule has 0 spiro atoms. The van der Waals surface area contributed by atoms with E-state index < -0.39 is 5.97 Å². The molecule has 0 atom stereocenters. The molecule has 1 N–H and O–H groups in total. The van der Waals surface area contributed by atoms with Crippen LogP contribution in [0.4, 0.5) is 0 Å². The highest BCUT2D eigenvalue weighted by molar-refractivity contribution is 6.32. The molecule has 0 amide bonds. The summed E-state index contributed by atoms with van der Waals surface area (Å²) in [5, 5.41) is 18.3. The molecule has 0 fully saturated rings. The largest absolute Gasteiger partial charge is 0.478 e. The fourth-order valence-electron chi connectivity index (χ4n) is 2.11. The second kappa shape index (κ2) is 4.79. The van der Waals surface area contributed by atoms with E-state index in [9.17, 15) is 4.79 Å². The van der Waals surface area contributed by atoms with Gasteiger partial charge in [0.2, 0.25) is 0 Å². The molecule has 4 nitrogen and oxygen atoms in total. The average Bonchev–Trinajstić information content (AvgIpc) is 2.65. The summed E-state index contributed by atoms with van der Waals surface area (Å²) >= 11 is 6.16. The molecule has 0 unspecified atom stereocenters. The van der Waals surface area contributed by atoms with Crippen LogP contribution in [0, 0.1) is 25.2 Å². The van der Waals surface area contributed by atoms with E-state index in [-0.39, 0.29) is 5.56 Å². The Kier molecular flexibility index (Phi) is 3.32. The van der Waals surface area contributed by atoms with Crippen LogP contribution in [-0.4, -0.2) is 15.6 Å². The Bertz CT molecular complexity index is 711. The summed E-state index contributed by atoms with van der Waals surface area (Å²) < 4.78 is 1.77. The Labute approximate surface area is 115 Å². The van der Waals surface area contributed by atoms with Crippen molar-refractivity contribution in [3.8, 4) is 11.8 Å². The number of nitriles is 1. The number of carboxylic acid groups (broad SMARTS) is 1. The number of hydrogen-bond donors (Lipinski definition) is 1. The van der Waals surface area contributed by atoms with Crippen LogP contribution in [0.3, 0.4) is 0 Å². The molecule has 0 aliphatic rings. The summed E-state index contributed by atoms with van der Waals surface area (Å²) in [6.45, 7) is 3.54. The maximum atomic E-state index is 11.1. The van der Waals surface area contributed by atoms with E-state index in [4.69, 9.17) is 22.0 Å². The smallest absolute Gasteiger partial charge is 0.337 e. The predicted octanol–water partition coefficient (Wildman–Crippen LogP) is 3.32. The topological polar surface area (TPSA) is 66.0 Å². The fourth-order valence-corrected chi connectivity index (χ4v) is 2.37. The van der Waals surface area contributed by atoms with Gasteiger partial charge in [-0.1, -0.05) is 11.6 Å². The zero-order chi connectivity index (χ0) is 14.2. The quantitative estimate of drug-likeness (QED) is 0.913. The molecule has 0 saturated carbocycles. The van der Waals surface area contributed by atoms with E-state index in [2.05, 4.69) is 0 Å². The number of rotatable bonds is 2. The van der Waals surface area contributed by atoms with Crippen LogP contribution < -0.4 is 0 Å². The Morgan fingerprint density at radius 3 is 2.53 bits per heavy atom. The lowest BCUT2D eigenvalue weighted by Gasteiger charge is -2.11. The van der Waals surface area contributed by atoms with Gasteiger partial charge in [-0.3, -0.25) is 0 Å². The molecule has 19 heavy (non-hydrogen) atoms. The van der Waals surface area contributed by atoms with Crippen LogP contribution in [0.2, 0.25) is 5.02 Å². The number of aromatic carboxylic acids is 1. The fraction of sp³-hybridized carbons (Fsp3) is 0.143. The minimum Gasteiger partial charge on any atom is -0.478 e. The maximum Gasteiger partial charge on any atom is 0.337 e. The molecular formula is C14H11ClN2O2. The first-order valence-corrected chi connectivity index (χ1v) is 5.95. The van der Waals surface area contributed by atoms with Crippen molar-refractivity contribution >= 4 is 17.6 Å². The van der Waals surface area contributed by atoms with Crippen LogP contribution >= 0.6 is 11.6 Å². The standard InChI is InChI=1S/C14H11ClN2O2/c1-8-5-11(14(18)19)9(2)17(8)13-4-3-10(7-16)6-12(13)15/h3-6H,1-2H3,(H,18,19). The van der Waals surface area contributed by atoms with Gasteiger partial charge in [0.1, 0.15) is 0 Å². The number of carbonyl (C=O) groups is 1. The molecular weight excluding hydrogens is 264 g/mol. The molecule has 1 heterocycles. The van der Waals surface area contributed by atoms with E-state index in [1.807, 2.05) is 13.0 Å². The number of nitrogens with zero attached hydrogens (tertiary/aromatic N) is 2. The van der Waals surface area contributed by atoms with Crippen molar-refractivity contribution in [3.05, 3.63) is 51.8 Å². The molecule has 2 aromatic rings.